The summed E-state index contributed by atoms with van der Waals surface area (Å²) < 4.78 is 10.3. The molecule has 1 aromatic carbocycles. The molecule has 1 aromatic heterocycles. The van der Waals surface area contributed by atoms with E-state index in [2.05, 4.69) is 16.9 Å². The molecule has 1 heterocycles. The molecule has 0 fully saturated rings. The van der Waals surface area contributed by atoms with Crippen molar-refractivity contribution in [1.29, 1.82) is 0 Å². The topological polar surface area (TPSA) is 39.4 Å². The van der Waals surface area contributed by atoms with Crippen molar-refractivity contribution in [3.05, 3.63) is 36.1 Å². The highest BCUT2D eigenvalue weighted by Crippen LogP contribution is 2.20. The second kappa shape index (κ2) is 6.24. The highest BCUT2D eigenvalue weighted by molar-refractivity contribution is 5.77. The molecule has 18 heavy (non-hydrogen) atoms. The summed E-state index contributed by atoms with van der Waals surface area (Å²) in [5, 5.41) is 1.15. The quantitative estimate of drug-likeness (QED) is 0.576. The van der Waals surface area contributed by atoms with E-state index in [1.807, 2.05) is 18.2 Å². The lowest BCUT2D eigenvalue weighted by molar-refractivity contribution is -0.140. The maximum Gasteiger partial charge on any atom is 0.305 e. The lowest BCUT2D eigenvalue weighted by Gasteiger charge is -1.99. The van der Waals surface area contributed by atoms with Crippen molar-refractivity contribution >= 4 is 16.9 Å². The fourth-order valence-electron chi connectivity index (χ4n) is 2.01. The van der Waals surface area contributed by atoms with Gasteiger partial charge in [0.1, 0.15) is 11.3 Å². The van der Waals surface area contributed by atoms with Crippen molar-refractivity contribution in [2.75, 3.05) is 7.11 Å². The van der Waals surface area contributed by atoms with Crippen molar-refractivity contribution in [2.24, 2.45) is 0 Å². The standard InChI is InChI=1S/C15H18O3/c1-17-15(16)10-4-2-3-8-13-11-12-7-5-6-9-14(12)18-13/h5-7,9,11H,2-4,8,10H2,1H3. The maximum absolute atomic E-state index is 10.9. The molecule has 0 bridgehead atoms. The first-order chi connectivity index (χ1) is 8.79. The molecule has 0 saturated heterocycles. The summed E-state index contributed by atoms with van der Waals surface area (Å²) in [6.45, 7) is 0. The van der Waals surface area contributed by atoms with Gasteiger partial charge in [-0.3, -0.25) is 4.79 Å². The van der Waals surface area contributed by atoms with Crippen LogP contribution in [0.2, 0.25) is 0 Å². The number of fused-ring (bicyclic) bond motifs is 1. The number of aryl methyl sites for hydroxylation is 1. The van der Waals surface area contributed by atoms with Gasteiger partial charge < -0.3 is 9.15 Å². The number of benzene rings is 1. The minimum atomic E-state index is -0.126. The molecule has 0 N–H and O–H groups in total. The molecule has 0 saturated carbocycles. The summed E-state index contributed by atoms with van der Waals surface area (Å²) in [5.41, 5.74) is 0.946. The van der Waals surface area contributed by atoms with Crippen LogP contribution in [0.5, 0.6) is 0 Å². The van der Waals surface area contributed by atoms with Gasteiger partial charge in [-0.25, -0.2) is 0 Å². The van der Waals surface area contributed by atoms with Gasteiger partial charge in [0.05, 0.1) is 7.11 Å². The van der Waals surface area contributed by atoms with Crippen LogP contribution in [-0.2, 0) is 16.0 Å². The van der Waals surface area contributed by atoms with E-state index in [0.29, 0.717) is 6.42 Å². The van der Waals surface area contributed by atoms with Crippen LogP contribution in [0.25, 0.3) is 11.0 Å². The number of furan rings is 1. The highest BCUT2D eigenvalue weighted by atomic mass is 16.5. The zero-order chi connectivity index (χ0) is 12.8. The molecule has 2 rings (SSSR count). The summed E-state index contributed by atoms with van der Waals surface area (Å²) in [7, 11) is 1.43. The third-order valence-electron chi connectivity index (χ3n) is 3.01. The fourth-order valence-corrected chi connectivity index (χ4v) is 2.01. The molecule has 2 aromatic rings. The number of ether oxygens (including phenoxy) is 1. The highest BCUT2D eigenvalue weighted by Gasteiger charge is 2.03. The molecule has 0 spiro atoms. The lowest BCUT2D eigenvalue weighted by atomic mass is 10.1. The van der Waals surface area contributed by atoms with E-state index < -0.39 is 0 Å². The van der Waals surface area contributed by atoms with Gasteiger partial charge in [-0.2, -0.15) is 0 Å². The van der Waals surface area contributed by atoms with Crippen LogP contribution >= 0.6 is 0 Å². The molecular formula is C15H18O3. The molecule has 3 heteroatoms. The molecule has 0 atom stereocenters. The van der Waals surface area contributed by atoms with Gasteiger partial charge in [0, 0.05) is 18.2 Å². The van der Waals surface area contributed by atoms with Crippen LogP contribution in [-0.4, -0.2) is 13.1 Å². The van der Waals surface area contributed by atoms with Crippen LogP contribution in [0, 0.1) is 0 Å². The van der Waals surface area contributed by atoms with Gasteiger partial charge in [-0.1, -0.05) is 24.6 Å². The average Bonchev–Trinajstić information content (AvgIpc) is 2.80. The molecule has 96 valence electrons. The Morgan fingerprint density at radius 1 is 1.22 bits per heavy atom. The summed E-state index contributed by atoms with van der Waals surface area (Å²) in [5.74, 6) is 0.896. The van der Waals surface area contributed by atoms with Crippen molar-refractivity contribution < 1.29 is 13.9 Å². The molecule has 0 radical (unpaired) electrons. The molecule has 0 aliphatic heterocycles. The normalized spacial score (nSPS) is 10.7. The molecule has 0 aliphatic carbocycles. The Kier molecular flexibility index (Phi) is 4.40. The van der Waals surface area contributed by atoms with Gasteiger partial charge >= 0.3 is 5.97 Å². The molecule has 0 aliphatic rings. The Morgan fingerprint density at radius 2 is 2.06 bits per heavy atom. The number of para-hydroxylation sites is 1. The third kappa shape index (κ3) is 3.36. The first-order valence-electron chi connectivity index (χ1n) is 6.34. The predicted octanol–water partition coefficient (Wildman–Crippen LogP) is 3.71. The van der Waals surface area contributed by atoms with Crippen molar-refractivity contribution in [1.82, 2.24) is 0 Å². The Balaban J connectivity index is 1.75. The zero-order valence-electron chi connectivity index (χ0n) is 10.6. The number of hydrogen-bond acceptors (Lipinski definition) is 3. The number of unbranched alkanes of at least 4 members (excludes halogenated alkanes) is 2. The van der Waals surface area contributed by atoms with Crippen LogP contribution in [0.3, 0.4) is 0 Å². The number of carbonyl (C=O) groups is 1. The number of esters is 1. The monoisotopic (exact) mass is 246 g/mol. The number of carbonyl (C=O) groups excluding carboxylic acids is 1. The van der Waals surface area contributed by atoms with Crippen LogP contribution in [0.4, 0.5) is 0 Å². The van der Waals surface area contributed by atoms with Crippen molar-refractivity contribution in [3.8, 4) is 0 Å². The first-order valence-corrected chi connectivity index (χ1v) is 6.34. The average molecular weight is 246 g/mol. The molecule has 3 nitrogen and oxygen atoms in total. The number of hydrogen-bond donors (Lipinski definition) is 0. The van der Waals surface area contributed by atoms with E-state index >= 15 is 0 Å². The smallest absolute Gasteiger partial charge is 0.305 e. The van der Waals surface area contributed by atoms with E-state index in [1.54, 1.807) is 0 Å². The largest absolute Gasteiger partial charge is 0.469 e. The Labute approximate surface area is 107 Å². The van der Waals surface area contributed by atoms with Crippen LogP contribution in [0.15, 0.2) is 34.7 Å². The maximum atomic E-state index is 10.9. The summed E-state index contributed by atoms with van der Waals surface area (Å²) >= 11 is 0. The molecular weight excluding hydrogens is 228 g/mol. The van der Waals surface area contributed by atoms with Gasteiger partial charge in [-0.05, 0) is 25.0 Å². The summed E-state index contributed by atoms with van der Waals surface area (Å²) in [4.78, 5) is 10.9. The molecule has 0 amide bonds. The Morgan fingerprint density at radius 3 is 2.83 bits per heavy atom. The minimum Gasteiger partial charge on any atom is -0.469 e. The van der Waals surface area contributed by atoms with Crippen LogP contribution < -0.4 is 0 Å². The first kappa shape index (κ1) is 12.7. The number of methoxy groups -OCH3 is 1. The number of rotatable bonds is 6. The van der Waals surface area contributed by atoms with E-state index in [9.17, 15) is 4.79 Å². The minimum absolute atomic E-state index is 0.126. The predicted molar refractivity (Wildman–Crippen MR) is 70.4 cm³/mol. The van der Waals surface area contributed by atoms with Gasteiger partial charge in [0.25, 0.3) is 0 Å². The Bertz CT molecular complexity index is 480. The zero-order valence-corrected chi connectivity index (χ0v) is 10.6. The van der Waals surface area contributed by atoms with E-state index in [0.717, 1.165) is 42.4 Å². The van der Waals surface area contributed by atoms with Gasteiger partial charge in [-0.15, -0.1) is 0 Å². The van der Waals surface area contributed by atoms with E-state index in [4.69, 9.17) is 4.42 Å². The Hall–Kier alpha value is -1.77. The van der Waals surface area contributed by atoms with E-state index in [1.165, 1.54) is 7.11 Å². The lowest BCUT2D eigenvalue weighted by Crippen LogP contribution is -1.99. The summed E-state index contributed by atoms with van der Waals surface area (Å²) in [6, 6.07) is 10.1. The third-order valence-corrected chi connectivity index (χ3v) is 3.01. The second-order valence-electron chi connectivity index (χ2n) is 4.39. The van der Waals surface area contributed by atoms with Crippen molar-refractivity contribution in [3.63, 3.8) is 0 Å². The van der Waals surface area contributed by atoms with Gasteiger partial charge in [0.2, 0.25) is 0 Å². The van der Waals surface area contributed by atoms with E-state index in [-0.39, 0.29) is 5.97 Å². The van der Waals surface area contributed by atoms with Crippen molar-refractivity contribution in [2.45, 2.75) is 32.1 Å². The molecule has 0 unspecified atom stereocenters. The van der Waals surface area contributed by atoms with Gasteiger partial charge in [0.15, 0.2) is 0 Å². The second-order valence-corrected chi connectivity index (χ2v) is 4.39. The summed E-state index contributed by atoms with van der Waals surface area (Å²) in [6.07, 6.45) is 4.38. The fraction of sp³-hybridized carbons (Fsp3) is 0.400. The van der Waals surface area contributed by atoms with Crippen LogP contribution in [0.1, 0.15) is 31.4 Å². The SMILES string of the molecule is COC(=O)CCCCCc1cc2ccccc2o1.